The second-order valence-electron chi connectivity index (χ2n) is 3.96. The Morgan fingerprint density at radius 1 is 1.50 bits per heavy atom. The lowest BCUT2D eigenvalue weighted by atomic mass is 9.98. The van der Waals surface area contributed by atoms with Gasteiger partial charge in [0.2, 0.25) is 0 Å². The molecule has 0 saturated carbocycles. The zero-order valence-electron chi connectivity index (χ0n) is 9.92. The van der Waals surface area contributed by atoms with Gasteiger partial charge in [0.15, 0.2) is 0 Å². The number of carbonyl (C=O) groups is 1. The number of halogens is 2. The van der Waals surface area contributed by atoms with E-state index in [4.69, 9.17) is 11.6 Å². The first-order valence-corrected chi connectivity index (χ1v) is 5.85. The zero-order valence-corrected chi connectivity index (χ0v) is 10.7. The minimum atomic E-state index is -1.12. The maximum absolute atomic E-state index is 13.7. The predicted molar refractivity (Wildman–Crippen MR) is 67.8 cm³/mol. The summed E-state index contributed by atoms with van der Waals surface area (Å²) in [5.74, 6) is -1.68. The van der Waals surface area contributed by atoms with Gasteiger partial charge in [0, 0.05) is 11.1 Å². The highest BCUT2D eigenvalue weighted by atomic mass is 35.5. The fraction of sp³-hybridized carbons (Fsp3) is 0.231. The topological polar surface area (TPSA) is 50.2 Å². The molecule has 0 aliphatic rings. The molecule has 0 amide bonds. The lowest BCUT2D eigenvalue weighted by Crippen LogP contribution is -2.08. The Bertz CT molecular complexity index is 655. The van der Waals surface area contributed by atoms with Gasteiger partial charge < -0.3 is 5.11 Å². The third-order valence-electron chi connectivity index (χ3n) is 2.91. The number of rotatable bonds is 2. The number of hydrogen-bond donors (Lipinski definition) is 1. The van der Waals surface area contributed by atoms with Crippen molar-refractivity contribution in [3.05, 3.63) is 39.8 Å². The molecule has 0 saturated heterocycles. The number of fused-ring (bicyclic) bond motifs is 1. The van der Waals surface area contributed by atoms with Crippen molar-refractivity contribution in [3.63, 3.8) is 0 Å². The number of aromatic nitrogens is 1. The first kappa shape index (κ1) is 12.8. The van der Waals surface area contributed by atoms with Crippen molar-refractivity contribution < 1.29 is 14.3 Å². The summed E-state index contributed by atoms with van der Waals surface area (Å²) in [6.45, 7) is 3.50. The number of carboxylic acids is 1. The van der Waals surface area contributed by atoms with Gasteiger partial charge in [0.1, 0.15) is 11.3 Å². The average Bonchev–Trinajstić information content (AvgIpc) is 2.32. The molecule has 0 spiro atoms. The van der Waals surface area contributed by atoms with Crippen LogP contribution < -0.4 is 0 Å². The summed E-state index contributed by atoms with van der Waals surface area (Å²) in [6, 6.07) is 2.54. The summed E-state index contributed by atoms with van der Waals surface area (Å²) in [7, 11) is 0. The lowest BCUT2D eigenvalue weighted by Gasteiger charge is -2.12. The molecule has 0 radical (unpaired) electrons. The SMILES string of the molecule is CCc1c(C)nc2c(F)ccc(Cl)c2c1C(=O)O. The van der Waals surface area contributed by atoms with E-state index in [2.05, 4.69) is 4.98 Å². The summed E-state index contributed by atoms with van der Waals surface area (Å²) in [4.78, 5) is 15.5. The van der Waals surface area contributed by atoms with Crippen LogP contribution in [0, 0.1) is 12.7 Å². The Morgan fingerprint density at radius 3 is 2.72 bits per heavy atom. The van der Waals surface area contributed by atoms with E-state index in [1.54, 1.807) is 6.92 Å². The van der Waals surface area contributed by atoms with Gasteiger partial charge >= 0.3 is 5.97 Å². The predicted octanol–water partition coefficient (Wildman–Crippen LogP) is 3.60. The summed E-state index contributed by atoms with van der Waals surface area (Å²) < 4.78 is 13.7. The van der Waals surface area contributed by atoms with E-state index >= 15 is 0 Å². The monoisotopic (exact) mass is 267 g/mol. The van der Waals surface area contributed by atoms with Crippen LogP contribution in [0.25, 0.3) is 10.9 Å². The van der Waals surface area contributed by atoms with Crippen molar-refractivity contribution in [1.82, 2.24) is 4.98 Å². The number of nitrogens with zero attached hydrogens (tertiary/aromatic N) is 1. The van der Waals surface area contributed by atoms with E-state index < -0.39 is 11.8 Å². The maximum Gasteiger partial charge on any atom is 0.336 e. The number of aromatic carboxylic acids is 1. The number of pyridine rings is 1. The van der Waals surface area contributed by atoms with Gasteiger partial charge in [-0.25, -0.2) is 14.2 Å². The van der Waals surface area contributed by atoms with Gasteiger partial charge in [-0.2, -0.15) is 0 Å². The van der Waals surface area contributed by atoms with Crippen molar-refractivity contribution in [3.8, 4) is 0 Å². The Hall–Kier alpha value is -1.68. The molecule has 94 valence electrons. The van der Waals surface area contributed by atoms with E-state index in [9.17, 15) is 14.3 Å². The molecular weight excluding hydrogens is 257 g/mol. The fourth-order valence-electron chi connectivity index (χ4n) is 2.12. The second-order valence-corrected chi connectivity index (χ2v) is 4.37. The minimum Gasteiger partial charge on any atom is -0.478 e. The quantitative estimate of drug-likeness (QED) is 0.904. The van der Waals surface area contributed by atoms with Crippen LogP contribution in [0.5, 0.6) is 0 Å². The molecule has 0 fully saturated rings. The Kier molecular flexibility index (Phi) is 3.22. The average molecular weight is 268 g/mol. The normalized spacial score (nSPS) is 10.9. The third-order valence-corrected chi connectivity index (χ3v) is 3.23. The summed E-state index contributed by atoms with van der Waals surface area (Å²) in [5.41, 5.74) is 1.16. The van der Waals surface area contributed by atoms with Gasteiger partial charge in [0.05, 0.1) is 10.6 Å². The van der Waals surface area contributed by atoms with Crippen molar-refractivity contribution in [1.29, 1.82) is 0 Å². The fourth-order valence-corrected chi connectivity index (χ4v) is 2.37. The first-order chi connectivity index (χ1) is 8.47. The maximum atomic E-state index is 13.7. The van der Waals surface area contributed by atoms with E-state index in [0.717, 1.165) is 0 Å². The largest absolute Gasteiger partial charge is 0.478 e. The molecule has 0 bridgehead atoms. The molecule has 18 heavy (non-hydrogen) atoms. The second kappa shape index (κ2) is 4.53. The molecule has 0 atom stereocenters. The van der Waals surface area contributed by atoms with Crippen LogP contribution in [-0.2, 0) is 6.42 Å². The van der Waals surface area contributed by atoms with Crippen molar-refractivity contribution in [2.75, 3.05) is 0 Å². The number of aryl methyl sites for hydroxylation is 1. The standard InChI is InChI=1S/C13H11ClFNO2/c1-3-7-6(2)16-12-9(15)5-4-8(14)11(12)10(7)13(17)18/h4-5H,3H2,1-2H3,(H,17,18). The van der Waals surface area contributed by atoms with Crippen molar-refractivity contribution in [2.45, 2.75) is 20.3 Å². The van der Waals surface area contributed by atoms with Crippen LogP contribution in [0.1, 0.15) is 28.5 Å². The summed E-state index contributed by atoms with van der Waals surface area (Å²) in [6.07, 6.45) is 0.503. The number of hydrogen-bond acceptors (Lipinski definition) is 2. The van der Waals surface area contributed by atoms with Gasteiger partial charge in [-0.3, -0.25) is 0 Å². The van der Waals surface area contributed by atoms with Crippen LogP contribution in [0.3, 0.4) is 0 Å². The van der Waals surface area contributed by atoms with Crippen LogP contribution >= 0.6 is 11.6 Å². The minimum absolute atomic E-state index is 0.00889. The highest BCUT2D eigenvalue weighted by molar-refractivity contribution is 6.36. The first-order valence-electron chi connectivity index (χ1n) is 5.47. The van der Waals surface area contributed by atoms with Crippen LogP contribution in [0.4, 0.5) is 4.39 Å². The molecule has 1 aromatic carbocycles. The van der Waals surface area contributed by atoms with Crippen LogP contribution in [0.2, 0.25) is 5.02 Å². The van der Waals surface area contributed by atoms with Crippen LogP contribution in [-0.4, -0.2) is 16.1 Å². The molecule has 0 aliphatic carbocycles. The molecular formula is C13H11ClFNO2. The molecule has 3 nitrogen and oxygen atoms in total. The van der Waals surface area contributed by atoms with Crippen molar-refractivity contribution in [2.24, 2.45) is 0 Å². The molecule has 1 heterocycles. The van der Waals surface area contributed by atoms with E-state index in [1.807, 2.05) is 6.92 Å². The van der Waals surface area contributed by atoms with E-state index in [-0.39, 0.29) is 21.5 Å². The Labute approximate surface area is 108 Å². The summed E-state index contributed by atoms with van der Waals surface area (Å²) >= 11 is 5.99. The molecule has 1 aromatic heterocycles. The summed E-state index contributed by atoms with van der Waals surface area (Å²) in [5, 5.41) is 9.70. The Balaban J connectivity index is 3.06. The molecule has 0 aliphatic heterocycles. The molecule has 2 rings (SSSR count). The highest BCUT2D eigenvalue weighted by Crippen LogP contribution is 2.31. The number of carboxylic acid groups (broad SMARTS) is 1. The smallest absolute Gasteiger partial charge is 0.336 e. The lowest BCUT2D eigenvalue weighted by molar-refractivity contribution is 0.0697. The van der Waals surface area contributed by atoms with Gasteiger partial charge in [-0.05, 0) is 31.0 Å². The van der Waals surface area contributed by atoms with Gasteiger partial charge in [-0.15, -0.1) is 0 Å². The Morgan fingerprint density at radius 2 is 2.17 bits per heavy atom. The molecule has 2 aromatic rings. The van der Waals surface area contributed by atoms with E-state index in [1.165, 1.54) is 12.1 Å². The number of benzene rings is 1. The highest BCUT2D eigenvalue weighted by Gasteiger charge is 2.21. The van der Waals surface area contributed by atoms with Gasteiger partial charge in [-0.1, -0.05) is 18.5 Å². The molecule has 0 unspecified atom stereocenters. The van der Waals surface area contributed by atoms with Crippen molar-refractivity contribution >= 4 is 28.5 Å². The van der Waals surface area contributed by atoms with E-state index in [0.29, 0.717) is 17.7 Å². The zero-order chi connectivity index (χ0) is 13.4. The third kappa shape index (κ3) is 1.82. The molecule has 1 N–H and O–H groups in total. The van der Waals surface area contributed by atoms with Crippen LogP contribution in [0.15, 0.2) is 12.1 Å². The molecule has 5 heteroatoms. The van der Waals surface area contributed by atoms with Gasteiger partial charge in [0.25, 0.3) is 0 Å².